The lowest BCUT2D eigenvalue weighted by Gasteiger charge is -2.40. The van der Waals surface area contributed by atoms with Crippen LogP contribution in [0.3, 0.4) is 0 Å². The van der Waals surface area contributed by atoms with Crippen LogP contribution in [-0.2, 0) is 22.6 Å². The number of fused-ring (bicyclic) bond motifs is 3. The van der Waals surface area contributed by atoms with E-state index in [1.54, 1.807) is 0 Å². The summed E-state index contributed by atoms with van der Waals surface area (Å²) in [7, 11) is 0. The van der Waals surface area contributed by atoms with Crippen LogP contribution >= 0.6 is 0 Å². The summed E-state index contributed by atoms with van der Waals surface area (Å²) in [6.07, 6.45) is 18.5. The Labute approximate surface area is 241 Å². The van der Waals surface area contributed by atoms with Crippen molar-refractivity contribution in [3.05, 3.63) is 47.2 Å². The van der Waals surface area contributed by atoms with Crippen LogP contribution in [0, 0.1) is 18.8 Å². The minimum atomic E-state index is -0.381. The van der Waals surface area contributed by atoms with Gasteiger partial charge in [-0.3, -0.25) is 9.59 Å². The van der Waals surface area contributed by atoms with Crippen molar-refractivity contribution in [3.8, 4) is 0 Å². The lowest BCUT2D eigenvalue weighted by atomic mass is 9.89. The van der Waals surface area contributed by atoms with Crippen molar-refractivity contribution in [2.75, 3.05) is 6.54 Å². The van der Waals surface area contributed by atoms with E-state index in [0.29, 0.717) is 24.5 Å². The van der Waals surface area contributed by atoms with Crippen LogP contribution in [0.15, 0.2) is 30.4 Å². The molecule has 0 spiro atoms. The van der Waals surface area contributed by atoms with E-state index in [1.807, 2.05) is 6.08 Å². The number of ketones is 1. The molecule has 1 aromatic heterocycles. The van der Waals surface area contributed by atoms with E-state index in [2.05, 4.69) is 47.6 Å². The first-order chi connectivity index (χ1) is 19.5. The fourth-order valence-electron chi connectivity index (χ4n) is 7.66. The number of aromatic nitrogens is 1. The molecule has 3 aliphatic rings. The van der Waals surface area contributed by atoms with E-state index in [-0.39, 0.29) is 24.0 Å². The number of aliphatic hydroxyl groups excluding tert-OH is 1. The highest BCUT2D eigenvalue weighted by molar-refractivity contribution is 5.88. The number of hydrogen-bond acceptors (Lipinski definition) is 3. The maximum atomic E-state index is 13.4. The van der Waals surface area contributed by atoms with Crippen LogP contribution in [0.4, 0.5) is 0 Å². The Balaban J connectivity index is 1.06. The summed E-state index contributed by atoms with van der Waals surface area (Å²) in [5, 5.41) is 11.6. The van der Waals surface area contributed by atoms with E-state index in [9.17, 15) is 14.7 Å². The van der Waals surface area contributed by atoms with E-state index < -0.39 is 0 Å². The van der Waals surface area contributed by atoms with Crippen LogP contribution in [0.5, 0.6) is 0 Å². The fourth-order valence-corrected chi connectivity index (χ4v) is 7.66. The van der Waals surface area contributed by atoms with Crippen molar-refractivity contribution >= 4 is 22.6 Å². The number of carbonyl (C=O) groups excluding carboxylic acids is 2. The average molecular weight is 547 g/mol. The Morgan fingerprint density at radius 3 is 2.77 bits per heavy atom. The molecular weight excluding hydrogens is 496 g/mol. The van der Waals surface area contributed by atoms with Gasteiger partial charge in [0.2, 0.25) is 5.91 Å². The SMILES string of the molecule is CCCCC[C@H](O)C=C[C@H]1CCC(=O)[C@@H]1CCCCCCC(=O)N1CCn2c3c(c4cc(C)ccc42)CCCC31. The number of nitrogens with zero attached hydrogens (tertiary/aromatic N) is 2. The van der Waals surface area contributed by atoms with Crippen LogP contribution in [0.25, 0.3) is 10.9 Å². The largest absolute Gasteiger partial charge is 0.389 e. The number of hydrogen-bond donors (Lipinski definition) is 1. The lowest BCUT2D eigenvalue weighted by molar-refractivity contribution is -0.135. The Bertz CT molecular complexity index is 1210. The summed E-state index contributed by atoms with van der Waals surface area (Å²) >= 11 is 0. The van der Waals surface area contributed by atoms with E-state index >= 15 is 0 Å². The second-order valence-corrected chi connectivity index (χ2v) is 12.7. The van der Waals surface area contributed by atoms with Gasteiger partial charge in [0.25, 0.3) is 0 Å². The highest BCUT2D eigenvalue weighted by atomic mass is 16.3. The summed E-state index contributed by atoms with van der Waals surface area (Å²) in [6, 6.07) is 7.05. The monoisotopic (exact) mass is 546 g/mol. The third kappa shape index (κ3) is 6.40. The molecule has 1 amide bonds. The zero-order valence-electron chi connectivity index (χ0n) is 24.9. The highest BCUT2D eigenvalue weighted by Gasteiger charge is 2.37. The zero-order valence-corrected chi connectivity index (χ0v) is 24.9. The molecule has 1 aliphatic heterocycles. The molecule has 4 atom stereocenters. The minimum Gasteiger partial charge on any atom is -0.389 e. The summed E-state index contributed by atoms with van der Waals surface area (Å²) in [5.41, 5.74) is 5.54. The molecule has 0 radical (unpaired) electrons. The first kappa shape index (κ1) is 29.1. The number of Topliss-reactive ketones (excluding diaryl/α,β-unsaturated/α-hetero) is 1. The normalized spacial score (nSPS) is 23.3. The summed E-state index contributed by atoms with van der Waals surface area (Å²) in [6.45, 7) is 6.06. The minimum absolute atomic E-state index is 0.116. The Morgan fingerprint density at radius 1 is 1.07 bits per heavy atom. The van der Waals surface area contributed by atoms with E-state index in [4.69, 9.17) is 0 Å². The third-order valence-electron chi connectivity index (χ3n) is 9.84. The van der Waals surface area contributed by atoms with Crippen molar-refractivity contribution in [1.82, 2.24) is 9.47 Å². The molecular formula is C35H50N2O3. The van der Waals surface area contributed by atoms with Gasteiger partial charge >= 0.3 is 0 Å². The lowest BCUT2D eigenvalue weighted by Crippen LogP contribution is -2.43. The second kappa shape index (κ2) is 13.5. The highest BCUT2D eigenvalue weighted by Crippen LogP contribution is 2.43. The fraction of sp³-hybridized carbons (Fsp3) is 0.657. The first-order valence-electron chi connectivity index (χ1n) is 16.3. The number of benzene rings is 1. The number of amides is 1. The molecule has 2 heterocycles. The third-order valence-corrected chi connectivity index (χ3v) is 9.84. The average Bonchev–Trinajstić information content (AvgIpc) is 3.47. The van der Waals surface area contributed by atoms with Gasteiger partial charge in [-0.1, -0.05) is 69.2 Å². The number of carbonyl (C=O) groups is 2. The number of allylic oxidation sites excluding steroid dienone is 1. The molecule has 1 saturated carbocycles. The van der Waals surface area contributed by atoms with Gasteiger partial charge in [-0.05, 0) is 75.5 Å². The van der Waals surface area contributed by atoms with Gasteiger partial charge < -0.3 is 14.6 Å². The van der Waals surface area contributed by atoms with Crippen molar-refractivity contribution in [1.29, 1.82) is 0 Å². The van der Waals surface area contributed by atoms with Gasteiger partial charge in [-0.2, -0.15) is 0 Å². The summed E-state index contributed by atoms with van der Waals surface area (Å²) in [5.74, 6) is 1.12. The van der Waals surface area contributed by atoms with Gasteiger partial charge in [0.05, 0.1) is 12.1 Å². The topological polar surface area (TPSA) is 62.5 Å². The summed E-state index contributed by atoms with van der Waals surface area (Å²) < 4.78 is 2.50. The molecule has 40 heavy (non-hydrogen) atoms. The molecule has 218 valence electrons. The number of aryl methyl sites for hydroxylation is 2. The van der Waals surface area contributed by atoms with Crippen LogP contribution in [0.1, 0.15) is 120 Å². The maximum absolute atomic E-state index is 13.4. The molecule has 5 nitrogen and oxygen atoms in total. The van der Waals surface area contributed by atoms with Gasteiger partial charge in [-0.15, -0.1) is 0 Å². The summed E-state index contributed by atoms with van der Waals surface area (Å²) in [4.78, 5) is 28.1. The molecule has 1 fully saturated rings. The maximum Gasteiger partial charge on any atom is 0.223 e. The molecule has 0 bridgehead atoms. The van der Waals surface area contributed by atoms with Crippen molar-refractivity contribution in [2.24, 2.45) is 11.8 Å². The molecule has 1 N–H and O–H groups in total. The van der Waals surface area contributed by atoms with Crippen molar-refractivity contribution in [3.63, 3.8) is 0 Å². The Kier molecular flexibility index (Phi) is 9.83. The zero-order chi connectivity index (χ0) is 28.1. The quantitative estimate of drug-likeness (QED) is 0.208. The van der Waals surface area contributed by atoms with Crippen LogP contribution in [-0.4, -0.2) is 38.9 Å². The Morgan fingerprint density at radius 2 is 1.93 bits per heavy atom. The molecule has 0 saturated heterocycles. The van der Waals surface area contributed by atoms with Gasteiger partial charge in [0.15, 0.2) is 0 Å². The Hall–Kier alpha value is -2.40. The van der Waals surface area contributed by atoms with Crippen molar-refractivity contribution in [2.45, 2.75) is 129 Å². The van der Waals surface area contributed by atoms with Crippen molar-refractivity contribution < 1.29 is 14.7 Å². The van der Waals surface area contributed by atoms with E-state index in [1.165, 1.54) is 27.7 Å². The predicted octanol–water partition coefficient (Wildman–Crippen LogP) is 7.60. The number of aliphatic hydroxyl groups is 1. The number of rotatable bonds is 13. The van der Waals surface area contributed by atoms with Gasteiger partial charge in [-0.25, -0.2) is 0 Å². The van der Waals surface area contributed by atoms with E-state index in [0.717, 1.165) is 96.6 Å². The first-order valence-corrected chi connectivity index (χ1v) is 16.3. The molecule has 1 aromatic carbocycles. The van der Waals surface area contributed by atoms with Crippen LogP contribution < -0.4 is 0 Å². The number of unbranched alkanes of at least 4 members (excludes halogenated alkanes) is 5. The second-order valence-electron chi connectivity index (χ2n) is 12.7. The van der Waals surface area contributed by atoms with Gasteiger partial charge in [0, 0.05) is 48.4 Å². The van der Waals surface area contributed by atoms with Gasteiger partial charge in [0.1, 0.15) is 5.78 Å². The molecule has 5 rings (SSSR count). The molecule has 5 heteroatoms. The molecule has 1 unspecified atom stereocenters. The molecule has 2 aromatic rings. The molecule has 2 aliphatic carbocycles. The smallest absolute Gasteiger partial charge is 0.223 e. The van der Waals surface area contributed by atoms with Crippen LogP contribution in [0.2, 0.25) is 0 Å². The predicted molar refractivity (Wildman–Crippen MR) is 162 cm³/mol. The standard InChI is InChI=1S/C35H50N2O3/c1-3-4-7-11-27(38)19-17-26-18-21-33(39)28(26)12-8-5-6-9-15-34(40)36-22-23-37-31-20-16-25(2)24-30(31)29-13-10-14-32(36)35(29)37/h16-17,19-20,24,26-28,32,38H,3-15,18,21-23H2,1-2H3/t26-,27-,28+,32?/m0/s1.